The number of rotatable bonds is 31. The molecule has 1 heterocycles. The number of carbonyl (C=O) groups excluding carboxylic acids is 10. The fraction of sp³-hybridized carbons (Fsp3) is 0.559. The van der Waals surface area contributed by atoms with Crippen LogP contribution in [-0.4, -0.2) is 170 Å². The molecule has 0 aliphatic heterocycles. The topological polar surface area (TPSA) is 473 Å². The number of nitrogens with two attached hydrogens (primary N) is 4. The minimum atomic E-state index is -1.28. The van der Waals surface area contributed by atoms with Crippen LogP contribution in [0.15, 0.2) is 17.5 Å². The Morgan fingerprint density at radius 3 is 1.43 bits per heavy atom. The summed E-state index contributed by atoms with van der Waals surface area (Å²) in [6.07, 6.45) is 4.46. The van der Waals surface area contributed by atoms with Gasteiger partial charge in [0.1, 0.15) is 12.1 Å². The van der Waals surface area contributed by atoms with Crippen LogP contribution >= 0.6 is 0 Å². The highest BCUT2D eigenvalue weighted by molar-refractivity contribution is 5.95. The molecule has 63 heavy (non-hydrogen) atoms. The summed E-state index contributed by atoms with van der Waals surface area (Å²) in [4.78, 5) is 144. The van der Waals surface area contributed by atoms with E-state index in [1.165, 1.54) is 12.5 Å². The van der Waals surface area contributed by atoms with Gasteiger partial charge in [-0.25, -0.2) is 9.78 Å². The van der Waals surface area contributed by atoms with E-state index in [2.05, 4.69) is 68.1 Å². The van der Waals surface area contributed by atoms with Crippen molar-refractivity contribution in [1.29, 1.82) is 0 Å². The van der Waals surface area contributed by atoms with Crippen LogP contribution < -0.4 is 76.1 Å². The van der Waals surface area contributed by atoms with E-state index in [-0.39, 0.29) is 31.8 Å². The second-order valence-electron chi connectivity index (χ2n) is 13.3. The predicted octanol–water partition coefficient (Wildman–Crippen LogP) is -9.55. The number of aliphatic carboxylic acids is 1. The molecule has 1 rings (SSSR count). The third-order valence-corrected chi connectivity index (χ3v) is 8.04. The third kappa shape index (κ3) is 26.4. The molecule has 0 radical (unpaired) electrons. The lowest BCUT2D eigenvalue weighted by molar-refractivity contribution is -0.142. The second-order valence-corrected chi connectivity index (χ2v) is 13.3. The lowest BCUT2D eigenvalue weighted by Gasteiger charge is -2.18. The zero-order valence-corrected chi connectivity index (χ0v) is 34.3. The monoisotopic (exact) mass is 895 g/mol. The number of aromatic nitrogens is 2. The van der Waals surface area contributed by atoms with Crippen molar-refractivity contribution < 1.29 is 57.8 Å². The van der Waals surface area contributed by atoms with Gasteiger partial charge in [0.15, 0.2) is 5.96 Å². The van der Waals surface area contributed by atoms with E-state index in [0.717, 1.165) is 0 Å². The van der Waals surface area contributed by atoms with Crippen molar-refractivity contribution in [2.75, 3.05) is 65.4 Å². The van der Waals surface area contributed by atoms with Crippen molar-refractivity contribution in [2.24, 2.45) is 27.9 Å². The number of nitrogens with one attached hydrogen (secondary N) is 11. The number of hydrogen-bond acceptors (Lipinski definition) is 15. The molecule has 1 aromatic rings. The normalized spacial score (nSPS) is 11.8. The van der Waals surface area contributed by atoms with E-state index in [9.17, 15) is 57.8 Å². The Morgan fingerprint density at radius 1 is 0.587 bits per heavy atom. The minimum absolute atomic E-state index is 0.0964. The molecule has 20 N–H and O–H groups in total. The van der Waals surface area contributed by atoms with Crippen molar-refractivity contribution in [3.05, 3.63) is 18.2 Å². The van der Waals surface area contributed by atoms with Crippen LogP contribution in [0.2, 0.25) is 0 Å². The van der Waals surface area contributed by atoms with Crippen LogP contribution in [0, 0.1) is 0 Å². The van der Waals surface area contributed by atoms with Gasteiger partial charge in [-0.05, 0) is 38.6 Å². The Kier molecular flexibility index (Phi) is 26.0. The minimum Gasteiger partial charge on any atom is -0.480 e. The summed E-state index contributed by atoms with van der Waals surface area (Å²) in [5, 5.41) is 31.9. The van der Waals surface area contributed by atoms with Gasteiger partial charge in [0.2, 0.25) is 59.1 Å². The molecule has 0 aromatic carbocycles. The van der Waals surface area contributed by atoms with Gasteiger partial charge in [0.05, 0.1) is 64.7 Å². The predicted molar refractivity (Wildman–Crippen MR) is 219 cm³/mol. The number of unbranched alkanes of at least 4 members (excludes halogenated alkanes) is 1. The number of amides is 10. The number of aromatic amines is 1. The molecule has 0 aliphatic rings. The molecule has 0 spiro atoms. The Hall–Kier alpha value is -7.43. The molecule has 1 aromatic heterocycles. The Morgan fingerprint density at radius 2 is 1.02 bits per heavy atom. The average Bonchev–Trinajstić information content (AvgIpc) is 3.76. The van der Waals surface area contributed by atoms with Crippen molar-refractivity contribution in [2.45, 2.75) is 56.7 Å². The molecule has 0 aliphatic carbocycles. The maximum absolute atomic E-state index is 13.0. The summed E-state index contributed by atoms with van der Waals surface area (Å²) >= 11 is 0. The molecule has 0 saturated carbocycles. The fourth-order valence-electron chi connectivity index (χ4n) is 4.75. The zero-order chi connectivity index (χ0) is 47.2. The van der Waals surface area contributed by atoms with Crippen LogP contribution in [0.3, 0.4) is 0 Å². The van der Waals surface area contributed by atoms with Gasteiger partial charge in [-0.2, -0.15) is 0 Å². The lowest BCUT2D eigenvalue weighted by atomic mass is 10.1. The first kappa shape index (κ1) is 53.6. The molecule has 0 fully saturated rings. The van der Waals surface area contributed by atoms with E-state index in [4.69, 9.17) is 22.9 Å². The van der Waals surface area contributed by atoms with Crippen LogP contribution in [-0.2, 0) is 59.2 Å². The summed E-state index contributed by atoms with van der Waals surface area (Å²) in [5.41, 5.74) is 22.0. The van der Waals surface area contributed by atoms with Crippen LogP contribution in [0.1, 0.15) is 37.8 Å². The summed E-state index contributed by atoms with van der Waals surface area (Å²) in [6, 6.07) is -3.36. The van der Waals surface area contributed by atoms with Crippen molar-refractivity contribution in [3.8, 4) is 0 Å². The van der Waals surface area contributed by atoms with Crippen LogP contribution in [0.25, 0.3) is 0 Å². The van der Waals surface area contributed by atoms with Crippen LogP contribution in [0.5, 0.6) is 0 Å². The SMILES string of the molecule is NCCCC[C@H](NC(=O)CNC(=O)CNC(=O)CNC(=O)CNC(=O)[C@H](Cc1cnc[nH]1)NC(=O)CNC(=O)CNC(=O)CNC(=O)CNC(=O)[C@@H](N)CCCN=C(N)N)C(=O)O. The van der Waals surface area contributed by atoms with E-state index in [1.54, 1.807) is 0 Å². The summed E-state index contributed by atoms with van der Waals surface area (Å²) in [5.74, 6) is -9.04. The fourth-order valence-corrected chi connectivity index (χ4v) is 4.75. The first-order valence-electron chi connectivity index (χ1n) is 19.4. The molecule has 29 nitrogen and oxygen atoms in total. The van der Waals surface area contributed by atoms with E-state index in [0.29, 0.717) is 31.5 Å². The Labute approximate surface area is 359 Å². The van der Waals surface area contributed by atoms with Gasteiger partial charge in [-0.3, -0.25) is 52.9 Å². The van der Waals surface area contributed by atoms with Crippen molar-refractivity contribution in [3.63, 3.8) is 0 Å². The average molecular weight is 896 g/mol. The number of carboxylic acids is 1. The molecule has 3 atom stereocenters. The number of hydrogen-bond donors (Lipinski definition) is 16. The standard InChI is InChI=1S/C34H57N17O12/c35-6-2-1-5-21(33(62)63)50-29(58)16-45-25(54)12-41-24(53)11-44-28(57)15-48-32(61)22(8-19-9-39-18-49-19)51-30(59)17-46-26(55)13-42-23(52)10-43-27(56)14-47-31(60)20(36)4-3-7-40-34(37)38/h9,18,20-22H,1-8,10-17,35-36H2,(H,39,49)(H,41,53)(H,42,52)(H,43,56)(H,44,57)(H,45,54)(H,46,55)(H,47,60)(H,48,61)(H,50,58)(H,51,59)(H,62,63)(H4,37,38,40)/t20-,21-,22-/m0/s1. The molecular weight excluding hydrogens is 838 g/mol. The van der Waals surface area contributed by atoms with Gasteiger partial charge in [-0.15, -0.1) is 0 Å². The Bertz CT molecular complexity index is 1750. The van der Waals surface area contributed by atoms with Crippen molar-refractivity contribution >= 4 is 71.0 Å². The van der Waals surface area contributed by atoms with Crippen LogP contribution in [0.4, 0.5) is 0 Å². The summed E-state index contributed by atoms with van der Waals surface area (Å²) in [6.45, 7) is -3.96. The number of imidazole rings is 1. The number of guanidine groups is 1. The highest BCUT2D eigenvalue weighted by Gasteiger charge is 2.24. The number of carboxylic acid groups (broad SMARTS) is 1. The molecule has 350 valence electrons. The van der Waals surface area contributed by atoms with Gasteiger partial charge in [0.25, 0.3) is 0 Å². The van der Waals surface area contributed by atoms with Crippen molar-refractivity contribution in [1.82, 2.24) is 63.1 Å². The third-order valence-electron chi connectivity index (χ3n) is 8.04. The smallest absolute Gasteiger partial charge is 0.326 e. The number of carbonyl (C=O) groups is 11. The summed E-state index contributed by atoms with van der Waals surface area (Å²) < 4.78 is 0. The Balaban J connectivity index is 2.42. The lowest BCUT2D eigenvalue weighted by Crippen LogP contribution is -2.53. The first-order valence-corrected chi connectivity index (χ1v) is 19.4. The molecular formula is C34H57N17O12. The largest absolute Gasteiger partial charge is 0.480 e. The maximum Gasteiger partial charge on any atom is 0.326 e. The molecule has 29 heteroatoms. The van der Waals surface area contributed by atoms with Gasteiger partial charge in [0, 0.05) is 24.9 Å². The molecule has 10 amide bonds. The van der Waals surface area contributed by atoms with E-state index in [1.807, 2.05) is 0 Å². The highest BCUT2D eigenvalue weighted by atomic mass is 16.4. The summed E-state index contributed by atoms with van der Waals surface area (Å²) in [7, 11) is 0. The number of H-pyrrole nitrogens is 1. The van der Waals surface area contributed by atoms with E-state index >= 15 is 0 Å². The number of aliphatic imine (C=N–C) groups is 1. The van der Waals surface area contributed by atoms with Gasteiger partial charge in [-0.1, -0.05) is 0 Å². The van der Waals surface area contributed by atoms with Gasteiger partial charge < -0.3 is 86.2 Å². The first-order chi connectivity index (χ1) is 29.9. The molecule has 0 unspecified atom stereocenters. The molecule has 0 saturated heterocycles. The van der Waals surface area contributed by atoms with Gasteiger partial charge >= 0.3 is 5.97 Å². The zero-order valence-electron chi connectivity index (χ0n) is 34.3. The molecule has 0 bridgehead atoms. The number of nitrogens with zero attached hydrogens (tertiary/aromatic N) is 2. The highest BCUT2D eigenvalue weighted by Crippen LogP contribution is 2.01. The quantitative estimate of drug-likeness (QED) is 0.0187. The maximum atomic E-state index is 13.0. The van der Waals surface area contributed by atoms with E-state index < -0.39 is 136 Å². The second kappa shape index (κ2) is 30.6.